The predicted molar refractivity (Wildman–Crippen MR) is 122 cm³/mol. The van der Waals surface area contributed by atoms with Crippen molar-refractivity contribution in [2.24, 2.45) is 5.73 Å². The van der Waals surface area contributed by atoms with Crippen molar-refractivity contribution in [3.8, 4) is 0 Å². The molecule has 0 aliphatic carbocycles. The SMILES string of the molecule is Cc1ccc2nc(C(=O)NCc3ccc4c(c3)CN(/C=C(\N)C(=O)C=O)CC4)[nH]c(=O)c2c1. The van der Waals surface area contributed by atoms with Gasteiger partial charge >= 0.3 is 0 Å². The average molecular weight is 445 g/mol. The average Bonchev–Trinajstić information content (AvgIpc) is 2.81. The first-order valence-electron chi connectivity index (χ1n) is 10.4. The summed E-state index contributed by atoms with van der Waals surface area (Å²) < 4.78 is 0. The molecule has 9 nitrogen and oxygen atoms in total. The van der Waals surface area contributed by atoms with Gasteiger partial charge in [-0.15, -0.1) is 0 Å². The van der Waals surface area contributed by atoms with E-state index in [4.69, 9.17) is 5.73 Å². The van der Waals surface area contributed by atoms with Gasteiger partial charge in [-0.1, -0.05) is 29.8 Å². The molecule has 3 aromatic rings. The maximum Gasteiger partial charge on any atom is 0.287 e. The molecule has 1 amide bonds. The number of allylic oxidation sites excluding steroid dienone is 1. The number of nitrogens with two attached hydrogens (primary N) is 1. The summed E-state index contributed by atoms with van der Waals surface area (Å²) in [5.41, 5.74) is 9.70. The zero-order valence-corrected chi connectivity index (χ0v) is 18.1. The second-order valence-corrected chi connectivity index (χ2v) is 8.01. The van der Waals surface area contributed by atoms with Gasteiger partial charge < -0.3 is 20.9 Å². The summed E-state index contributed by atoms with van der Waals surface area (Å²) in [6.07, 6.45) is 2.46. The molecule has 33 heavy (non-hydrogen) atoms. The van der Waals surface area contributed by atoms with E-state index in [2.05, 4.69) is 15.3 Å². The minimum atomic E-state index is -0.743. The number of ketones is 1. The van der Waals surface area contributed by atoms with E-state index < -0.39 is 11.7 Å². The van der Waals surface area contributed by atoms with E-state index in [1.165, 1.54) is 11.8 Å². The van der Waals surface area contributed by atoms with E-state index in [9.17, 15) is 19.2 Å². The predicted octanol–water partition coefficient (Wildman–Crippen LogP) is 1.09. The van der Waals surface area contributed by atoms with Crippen LogP contribution in [0.5, 0.6) is 0 Å². The summed E-state index contributed by atoms with van der Waals surface area (Å²) in [7, 11) is 0. The number of nitrogens with one attached hydrogen (secondary N) is 2. The number of aryl methyl sites for hydroxylation is 1. The Kier molecular flexibility index (Phi) is 6.03. The van der Waals surface area contributed by atoms with Crippen LogP contribution in [0.15, 0.2) is 53.1 Å². The monoisotopic (exact) mass is 445 g/mol. The third-order valence-corrected chi connectivity index (χ3v) is 5.55. The van der Waals surface area contributed by atoms with Crippen LogP contribution in [0.3, 0.4) is 0 Å². The Morgan fingerprint density at radius 3 is 2.82 bits per heavy atom. The first-order chi connectivity index (χ1) is 15.8. The fourth-order valence-corrected chi connectivity index (χ4v) is 3.81. The molecule has 2 heterocycles. The first-order valence-corrected chi connectivity index (χ1v) is 10.4. The number of hydrogen-bond acceptors (Lipinski definition) is 7. The zero-order valence-electron chi connectivity index (χ0n) is 18.1. The third-order valence-electron chi connectivity index (χ3n) is 5.55. The fraction of sp³-hybridized carbons (Fsp3) is 0.208. The number of carbonyl (C=O) groups excluding carboxylic acids is 3. The summed E-state index contributed by atoms with van der Waals surface area (Å²) in [6.45, 7) is 3.34. The molecule has 0 spiro atoms. The maximum absolute atomic E-state index is 12.6. The zero-order chi connectivity index (χ0) is 23.5. The Balaban J connectivity index is 1.46. The lowest BCUT2D eigenvalue weighted by Crippen LogP contribution is -2.29. The summed E-state index contributed by atoms with van der Waals surface area (Å²) in [5.74, 6) is -1.26. The van der Waals surface area contributed by atoms with Crippen molar-refractivity contribution in [1.29, 1.82) is 0 Å². The van der Waals surface area contributed by atoms with Crippen molar-refractivity contribution >= 4 is 28.9 Å². The second kappa shape index (κ2) is 9.07. The van der Waals surface area contributed by atoms with Crippen LogP contribution in [-0.2, 0) is 29.1 Å². The van der Waals surface area contributed by atoms with Crippen LogP contribution in [0.1, 0.15) is 32.9 Å². The minimum Gasteiger partial charge on any atom is -0.394 e. The lowest BCUT2D eigenvalue weighted by Gasteiger charge is -2.28. The number of Topliss-reactive ketones (excluding diaryl/α,β-unsaturated/α-hetero) is 1. The van der Waals surface area contributed by atoms with Crippen molar-refractivity contribution in [3.05, 3.63) is 86.7 Å². The van der Waals surface area contributed by atoms with Crippen molar-refractivity contribution in [2.45, 2.75) is 26.4 Å². The third kappa shape index (κ3) is 4.82. The lowest BCUT2D eigenvalue weighted by molar-refractivity contribution is -0.127. The number of aromatic amines is 1. The van der Waals surface area contributed by atoms with E-state index in [1.807, 2.05) is 36.1 Å². The number of amides is 1. The van der Waals surface area contributed by atoms with Crippen molar-refractivity contribution in [2.75, 3.05) is 6.54 Å². The largest absolute Gasteiger partial charge is 0.394 e. The second-order valence-electron chi connectivity index (χ2n) is 8.01. The molecule has 0 unspecified atom stereocenters. The highest BCUT2D eigenvalue weighted by Gasteiger charge is 2.17. The van der Waals surface area contributed by atoms with Gasteiger partial charge in [-0.05, 0) is 42.2 Å². The van der Waals surface area contributed by atoms with Gasteiger partial charge in [0, 0.05) is 25.8 Å². The molecule has 0 radical (unpaired) electrons. The maximum atomic E-state index is 12.6. The molecule has 1 aromatic heterocycles. The molecule has 4 rings (SSSR count). The number of carbonyl (C=O) groups is 3. The van der Waals surface area contributed by atoms with Gasteiger partial charge in [0.25, 0.3) is 11.5 Å². The van der Waals surface area contributed by atoms with Gasteiger partial charge in [-0.3, -0.25) is 19.2 Å². The summed E-state index contributed by atoms with van der Waals surface area (Å²) in [4.78, 5) is 55.6. The number of rotatable bonds is 6. The Bertz CT molecular complexity index is 1360. The number of fused-ring (bicyclic) bond motifs is 2. The summed E-state index contributed by atoms with van der Waals surface area (Å²) in [6, 6.07) is 11.2. The molecular formula is C24H23N5O4. The molecule has 0 bridgehead atoms. The Morgan fingerprint density at radius 1 is 1.21 bits per heavy atom. The molecule has 0 atom stereocenters. The molecule has 1 aliphatic heterocycles. The van der Waals surface area contributed by atoms with Crippen LogP contribution in [-0.4, -0.2) is 39.4 Å². The minimum absolute atomic E-state index is 0.0408. The molecule has 9 heteroatoms. The number of aromatic nitrogens is 2. The highest BCUT2D eigenvalue weighted by molar-refractivity contribution is 6.32. The molecule has 0 saturated carbocycles. The highest BCUT2D eigenvalue weighted by Crippen LogP contribution is 2.21. The Hall–Kier alpha value is -4.27. The van der Waals surface area contributed by atoms with Crippen LogP contribution in [0.25, 0.3) is 10.9 Å². The molecule has 168 valence electrons. The first kappa shape index (κ1) is 21.9. The topological polar surface area (TPSA) is 138 Å². The normalized spacial score (nSPS) is 13.5. The van der Waals surface area contributed by atoms with E-state index in [0.717, 1.165) is 23.1 Å². The van der Waals surface area contributed by atoms with E-state index in [1.54, 1.807) is 12.1 Å². The number of H-pyrrole nitrogens is 1. The molecule has 4 N–H and O–H groups in total. The number of benzene rings is 2. The fourth-order valence-electron chi connectivity index (χ4n) is 3.81. The Labute approximate surface area is 189 Å². The van der Waals surface area contributed by atoms with Gasteiger partial charge in [-0.2, -0.15) is 0 Å². The summed E-state index contributed by atoms with van der Waals surface area (Å²) >= 11 is 0. The molecule has 1 aliphatic rings. The van der Waals surface area contributed by atoms with Crippen LogP contribution in [0.2, 0.25) is 0 Å². The van der Waals surface area contributed by atoms with Gasteiger partial charge in [0.05, 0.1) is 16.6 Å². The van der Waals surface area contributed by atoms with Crippen LogP contribution in [0, 0.1) is 6.92 Å². The number of aldehydes is 1. The van der Waals surface area contributed by atoms with Crippen molar-refractivity contribution in [3.63, 3.8) is 0 Å². The molecule has 2 aromatic carbocycles. The van der Waals surface area contributed by atoms with Crippen LogP contribution in [0.4, 0.5) is 0 Å². The van der Waals surface area contributed by atoms with Crippen LogP contribution >= 0.6 is 0 Å². The van der Waals surface area contributed by atoms with Crippen LogP contribution < -0.4 is 16.6 Å². The Morgan fingerprint density at radius 2 is 2.03 bits per heavy atom. The van der Waals surface area contributed by atoms with E-state index in [-0.39, 0.29) is 29.9 Å². The van der Waals surface area contributed by atoms with Gasteiger partial charge in [0.15, 0.2) is 12.1 Å². The van der Waals surface area contributed by atoms with Gasteiger partial charge in [-0.25, -0.2) is 4.98 Å². The highest BCUT2D eigenvalue weighted by atomic mass is 16.2. The molecular weight excluding hydrogens is 422 g/mol. The molecule has 0 fully saturated rings. The molecule has 0 saturated heterocycles. The quantitative estimate of drug-likeness (QED) is 0.293. The van der Waals surface area contributed by atoms with E-state index in [0.29, 0.717) is 24.0 Å². The summed E-state index contributed by atoms with van der Waals surface area (Å²) in [5, 5.41) is 3.23. The number of hydrogen-bond donors (Lipinski definition) is 3. The van der Waals surface area contributed by atoms with Crippen molar-refractivity contribution < 1.29 is 14.4 Å². The van der Waals surface area contributed by atoms with Crippen molar-refractivity contribution in [1.82, 2.24) is 20.2 Å². The van der Waals surface area contributed by atoms with E-state index >= 15 is 0 Å². The van der Waals surface area contributed by atoms with Gasteiger partial charge in [0.1, 0.15) is 0 Å². The van der Waals surface area contributed by atoms with Gasteiger partial charge in [0.2, 0.25) is 5.78 Å². The lowest BCUT2D eigenvalue weighted by atomic mass is 9.97. The number of nitrogens with zero attached hydrogens (tertiary/aromatic N) is 2. The smallest absolute Gasteiger partial charge is 0.287 e. The standard InChI is InChI=1S/C24H23N5O4/c1-14-2-5-20-18(8-14)23(32)28-22(27-20)24(33)26-10-15-3-4-16-6-7-29(11-17(16)9-15)12-19(25)21(31)13-30/h2-5,8-9,12-13H,6-7,10-11,25H2,1H3,(H,26,33)(H,27,28,32)/b19-12-.